The zero-order valence-electron chi connectivity index (χ0n) is 19.3. The highest BCUT2D eigenvalue weighted by Crippen LogP contribution is 2.47. The number of ether oxygens (including phenoxy) is 1. The number of nitrogens with zero attached hydrogens (tertiary/aromatic N) is 3. The maximum absolute atomic E-state index is 13.3. The van der Waals surface area contributed by atoms with Crippen molar-refractivity contribution in [3.05, 3.63) is 35.0 Å². The maximum Gasteiger partial charge on any atom is 0.409 e. The Balaban J connectivity index is 1.40. The lowest BCUT2D eigenvalue weighted by atomic mass is 9.81. The van der Waals surface area contributed by atoms with Gasteiger partial charge in [0.25, 0.3) is 0 Å². The van der Waals surface area contributed by atoms with E-state index in [1.54, 1.807) is 33.8 Å². The fraction of sp³-hybridized carbons (Fsp3) is 0.455. The van der Waals surface area contributed by atoms with Crippen molar-refractivity contribution in [3.63, 3.8) is 0 Å². The number of carbonyl (C=O) groups is 3. The van der Waals surface area contributed by atoms with Gasteiger partial charge in [0, 0.05) is 42.2 Å². The molecular formula is C22H26ClN5O5S2. The number of aromatic nitrogens is 1. The molecule has 2 aliphatic rings. The van der Waals surface area contributed by atoms with Gasteiger partial charge in [-0.15, -0.1) is 11.8 Å². The number of hydrogen-bond donors (Lipinski definition) is 2. The van der Waals surface area contributed by atoms with Crippen molar-refractivity contribution in [1.82, 2.24) is 15.4 Å². The SMILES string of the molecule is CONC(=O)CCCSc1cnc(NC(=O)N2CC3(CCN(C(=O)OC)C3)c3cc(Cl)ccc32)s1. The minimum atomic E-state index is -0.398. The van der Waals surface area contributed by atoms with E-state index in [0.29, 0.717) is 49.1 Å². The van der Waals surface area contributed by atoms with Gasteiger partial charge in [-0.2, -0.15) is 0 Å². The standard InChI is InChI=1S/C22H26ClN5O5S2/c1-32-21(31)27-8-7-22(12-27)13-28(16-6-5-14(23)10-15(16)22)20(30)25-19-24-11-18(35-19)34-9-3-4-17(29)26-33-2/h5-6,10-11H,3-4,7-9,12-13H2,1-2H3,(H,26,29)(H,24,25,30). The number of fused-ring (bicyclic) bond motifs is 2. The number of thioether (sulfide) groups is 1. The number of methoxy groups -OCH3 is 1. The average molecular weight is 540 g/mol. The number of benzene rings is 1. The van der Waals surface area contributed by atoms with Crippen LogP contribution in [0.15, 0.2) is 28.6 Å². The zero-order chi connectivity index (χ0) is 25.0. The molecule has 4 amide bonds. The third-order valence-corrected chi connectivity index (χ3v) is 8.45. The van der Waals surface area contributed by atoms with Crippen molar-refractivity contribution in [2.45, 2.75) is 28.9 Å². The van der Waals surface area contributed by atoms with Crippen molar-refractivity contribution in [2.24, 2.45) is 0 Å². The van der Waals surface area contributed by atoms with Gasteiger partial charge in [-0.05, 0) is 42.4 Å². The molecular weight excluding hydrogens is 514 g/mol. The van der Waals surface area contributed by atoms with Crippen LogP contribution in [0.4, 0.5) is 20.4 Å². The third kappa shape index (κ3) is 5.66. The molecule has 0 radical (unpaired) electrons. The minimum absolute atomic E-state index is 0.160. The van der Waals surface area contributed by atoms with Gasteiger partial charge in [0.15, 0.2) is 5.13 Å². The lowest BCUT2D eigenvalue weighted by Crippen LogP contribution is -2.41. The Morgan fingerprint density at radius 3 is 2.89 bits per heavy atom. The second-order valence-electron chi connectivity index (χ2n) is 8.27. The van der Waals surface area contributed by atoms with Gasteiger partial charge in [-0.3, -0.25) is 19.8 Å². The molecule has 1 atom stereocenters. The van der Waals surface area contributed by atoms with Crippen molar-refractivity contribution in [3.8, 4) is 0 Å². The van der Waals surface area contributed by atoms with Crippen molar-refractivity contribution < 1.29 is 24.0 Å². The van der Waals surface area contributed by atoms with E-state index in [4.69, 9.17) is 16.3 Å². The Morgan fingerprint density at radius 1 is 1.29 bits per heavy atom. The molecule has 0 saturated carbocycles. The van der Waals surface area contributed by atoms with E-state index in [1.807, 2.05) is 12.1 Å². The van der Waals surface area contributed by atoms with Gasteiger partial charge in [-0.25, -0.2) is 20.1 Å². The molecule has 35 heavy (non-hydrogen) atoms. The van der Waals surface area contributed by atoms with E-state index in [1.165, 1.54) is 25.6 Å². The fourth-order valence-electron chi connectivity index (χ4n) is 4.44. The predicted molar refractivity (Wildman–Crippen MR) is 135 cm³/mol. The number of anilines is 2. The van der Waals surface area contributed by atoms with Crippen LogP contribution in [0.2, 0.25) is 5.02 Å². The van der Waals surface area contributed by atoms with Crippen LogP contribution < -0.4 is 15.7 Å². The largest absolute Gasteiger partial charge is 0.453 e. The van der Waals surface area contributed by atoms with Gasteiger partial charge >= 0.3 is 12.1 Å². The smallest absolute Gasteiger partial charge is 0.409 e. The molecule has 3 heterocycles. The molecule has 1 fully saturated rings. The summed E-state index contributed by atoms with van der Waals surface area (Å²) in [5.41, 5.74) is 3.63. The van der Waals surface area contributed by atoms with Crippen molar-refractivity contribution >= 4 is 63.6 Å². The van der Waals surface area contributed by atoms with E-state index >= 15 is 0 Å². The summed E-state index contributed by atoms with van der Waals surface area (Å²) in [6, 6.07) is 5.20. The Labute approximate surface area is 216 Å². The number of halogens is 1. The van der Waals surface area contributed by atoms with E-state index in [2.05, 4.69) is 20.6 Å². The second-order valence-corrected chi connectivity index (χ2v) is 11.1. The number of likely N-dealkylation sites (tertiary alicyclic amines) is 1. The lowest BCUT2D eigenvalue weighted by molar-refractivity contribution is -0.131. The molecule has 13 heteroatoms. The monoisotopic (exact) mass is 539 g/mol. The summed E-state index contributed by atoms with van der Waals surface area (Å²) in [7, 11) is 2.77. The molecule has 10 nitrogen and oxygen atoms in total. The Bertz CT molecular complexity index is 1120. The number of nitrogens with one attached hydrogen (secondary N) is 2. The molecule has 1 saturated heterocycles. The summed E-state index contributed by atoms with van der Waals surface area (Å²) in [6.07, 6.45) is 3.11. The summed E-state index contributed by atoms with van der Waals surface area (Å²) in [5.74, 6) is 0.582. The van der Waals surface area contributed by atoms with Crippen LogP contribution in [0, 0.1) is 0 Å². The highest BCUT2D eigenvalue weighted by molar-refractivity contribution is 8.01. The molecule has 0 aliphatic carbocycles. The Kier molecular flexibility index (Phi) is 8.05. The van der Waals surface area contributed by atoms with E-state index in [0.717, 1.165) is 21.2 Å². The highest BCUT2D eigenvalue weighted by atomic mass is 35.5. The number of carbonyl (C=O) groups excluding carboxylic acids is 3. The maximum atomic E-state index is 13.3. The number of hydrogen-bond acceptors (Lipinski definition) is 8. The van der Waals surface area contributed by atoms with Gasteiger partial charge in [0.1, 0.15) is 0 Å². The van der Waals surface area contributed by atoms with Gasteiger partial charge in [0.05, 0.1) is 24.6 Å². The van der Waals surface area contributed by atoms with Crippen LogP contribution >= 0.6 is 34.7 Å². The van der Waals surface area contributed by atoms with Crippen LogP contribution in [0.1, 0.15) is 24.8 Å². The number of urea groups is 1. The number of amides is 4. The first-order valence-corrected chi connectivity index (χ1v) is 13.1. The van der Waals surface area contributed by atoms with Crippen LogP contribution in [0.3, 0.4) is 0 Å². The minimum Gasteiger partial charge on any atom is -0.453 e. The zero-order valence-corrected chi connectivity index (χ0v) is 21.7. The molecule has 1 aromatic heterocycles. The average Bonchev–Trinajstić information content (AvgIpc) is 3.55. The molecule has 1 aromatic carbocycles. The molecule has 1 spiro atoms. The normalized spacial score (nSPS) is 18.6. The quantitative estimate of drug-likeness (QED) is 0.309. The van der Waals surface area contributed by atoms with Gasteiger partial charge in [0.2, 0.25) is 5.91 Å². The number of rotatable bonds is 7. The summed E-state index contributed by atoms with van der Waals surface area (Å²) >= 11 is 9.25. The topological polar surface area (TPSA) is 113 Å². The van der Waals surface area contributed by atoms with Crippen LogP contribution in [0.5, 0.6) is 0 Å². The van der Waals surface area contributed by atoms with E-state index in [9.17, 15) is 14.4 Å². The predicted octanol–water partition coefficient (Wildman–Crippen LogP) is 4.11. The van der Waals surface area contributed by atoms with Crippen LogP contribution in [-0.2, 0) is 19.8 Å². The number of hydroxylamine groups is 1. The number of thiazole rings is 1. The van der Waals surface area contributed by atoms with Gasteiger partial charge in [-0.1, -0.05) is 22.9 Å². The molecule has 4 rings (SSSR count). The summed E-state index contributed by atoms with van der Waals surface area (Å²) < 4.78 is 5.84. The van der Waals surface area contributed by atoms with Crippen molar-refractivity contribution in [2.75, 3.05) is 49.8 Å². The fourth-order valence-corrected chi connectivity index (χ4v) is 6.49. The van der Waals surface area contributed by atoms with Crippen molar-refractivity contribution in [1.29, 1.82) is 0 Å². The molecule has 2 N–H and O–H groups in total. The lowest BCUT2D eigenvalue weighted by Gasteiger charge is -2.25. The first-order chi connectivity index (χ1) is 16.8. The van der Waals surface area contributed by atoms with E-state index < -0.39 is 5.41 Å². The second kappa shape index (κ2) is 11.0. The molecule has 1 unspecified atom stereocenters. The first-order valence-electron chi connectivity index (χ1n) is 11.0. The Hall–Kier alpha value is -2.54. The van der Waals surface area contributed by atoms with Crippen LogP contribution in [-0.4, -0.2) is 67.5 Å². The molecule has 0 bridgehead atoms. The summed E-state index contributed by atoms with van der Waals surface area (Å²) in [6.45, 7) is 1.43. The van der Waals surface area contributed by atoms with Crippen LogP contribution in [0.25, 0.3) is 0 Å². The van der Waals surface area contributed by atoms with E-state index in [-0.39, 0.29) is 18.0 Å². The molecule has 2 aliphatic heterocycles. The highest BCUT2D eigenvalue weighted by Gasteiger charge is 2.50. The summed E-state index contributed by atoms with van der Waals surface area (Å²) in [4.78, 5) is 49.1. The first kappa shape index (κ1) is 25.5. The Morgan fingerprint density at radius 2 is 2.11 bits per heavy atom. The third-order valence-electron chi connectivity index (χ3n) is 6.02. The van der Waals surface area contributed by atoms with Gasteiger partial charge < -0.3 is 9.64 Å². The molecule has 2 aromatic rings. The summed E-state index contributed by atoms with van der Waals surface area (Å²) in [5, 5.41) is 3.98. The molecule has 188 valence electrons.